The van der Waals surface area contributed by atoms with Gasteiger partial charge in [0.2, 0.25) is 0 Å². The van der Waals surface area contributed by atoms with Crippen LogP contribution in [0.25, 0.3) is 0 Å². The van der Waals surface area contributed by atoms with Crippen LogP contribution in [0.5, 0.6) is 0 Å². The van der Waals surface area contributed by atoms with E-state index in [1.807, 2.05) is 32.0 Å². The van der Waals surface area contributed by atoms with E-state index in [1.165, 1.54) is 0 Å². The Bertz CT molecular complexity index is 579. The van der Waals surface area contributed by atoms with Crippen molar-refractivity contribution in [2.75, 3.05) is 0 Å². The lowest BCUT2D eigenvalue weighted by molar-refractivity contribution is 0.587. The Labute approximate surface area is 110 Å². The minimum absolute atomic E-state index is 0.167. The predicted octanol–water partition coefficient (Wildman–Crippen LogP) is 4.91. The molecule has 0 saturated carbocycles. The Balaban J connectivity index is 2.44. The molecule has 0 heterocycles. The number of rotatable bonds is 2. The van der Waals surface area contributed by atoms with Crippen LogP contribution in [0.15, 0.2) is 36.4 Å². The molecule has 0 amide bonds. The van der Waals surface area contributed by atoms with E-state index >= 15 is 0 Å². The fraction of sp³-hybridized carbons (Fsp3) is 0.200. The fourth-order valence-corrected chi connectivity index (χ4v) is 2.11. The number of hydrogen-bond acceptors (Lipinski definition) is 0. The lowest BCUT2D eigenvalue weighted by atomic mass is 9.99. The molecule has 0 aliphatic heterocycles. The van der Waals surface area contributed by atoms with Crippen LogP contribution in [0.3, 0.4) is 0 Å². The molecule has 0 aliphatic rings. The van der Waals surface area contributed by atoms with Crippen molar-refractivity contribution in [3.8, 4) is 0 Å². The second kappa shape index (κ2) is 5.07. The summed E-state index contributed by atoms with van der Waals surface area (Å²) >= 11 is 6.23. The maximum Gasteiger partial charge on any atom is 0.128 e. The highest BCUT2D eigenvalue weighted by molar-refractivity contribution is 6.22. The third kappa shape index (κ3) is 2.54. The molecule has 0 bridgehead atoms. The summed E-state index contributed by atoms with van der Waals surface area (Å²) in [6, 6.07) is 8.99. The van der Waals surface area contributed by atoms with Crippen LogP contribution >= 0.6 is 11.6 Å². The van der Waals surface area contributed by atoms with Gasteiger partial charge >= 0.3 is 0 Å². The fourth-order valence-electron chi connectivity index (χ4n) is 1.81. The lowest BCUT2D eigenvalue weighted by Crippen LogP contribution is -1.99. The van der Waals surface area contributed by atoms with Crippen LogP contribution < -0.4 is 0 Å². The van der Waals surface area contributed by atoms with Crippen LogP contribution in [0.1, 0.15) is 27.6 Å². The monoisotopic (exact) mass is 266 g/mol. The Morgan fingerprint density at radius 3 is 2.33 bits per heavy atom. The molecule has 0 N–H and O–H groups in total. The van der Waals surface area contributed by atoms with Gasteiger partial charge in [0.1, 0.15) is 11.6 Å². The molecule has 1 unspecified atom stereocenters. The minimum atomic E-state index is -0.681. The summed E-state index contributed by atoms with van der Waals surface area (Å²) < 4.78 is 26.8. The third-order valence-corrected chi connectivity index (χ3v) is 3.54. The minimum Gasteiger partial charge on any atom is -0.207 e. The van der Waals surface area contributed by atoms with Crippen LogP contribution in [0.2, 0.25) is 0 Å². The van der Waals surface area contributed by atoms with Gasteiger partial charge in [-0.15, -0.1) is 11.6 Å². The maximum atomic E-state index is 13.6. The van der Waals surface area contributed by atoms with Gasteiger partial charge in [-0.1, -0.05) is 18.2 Å². The largest absolute Gasteiger partial charge is 0.207 e. The Hall–Kier alpha value is -1.41. The van der Waals surface area contributed by atoms with E-state index in [1.54, 1.807) is 0 Å². The molecule has 2 rings (SSSR count). The SMILES string of the molecule is Cc1ccc(C(Cl)c2cc(F)ccc2F)cc1C. The van der Waals surface area contributed by atoms with E-state index in [0.29, 0.717) is 0 Å². The van der Waals surface area contributed by atoms with Gasteiger partial charge < -0.3 is 0 Å². The van der Waals surface area contributed by atoms with Gasteiger partial charge in [0.15, 0.2) is 0 Å². The zero-order valence-electron chi connectivity index (χ0n) is 10.2. The van der Waals surface area contributed by atoms with Crippen molar-refractivity contribution in [3.05, 3.63) is 70.3 Å². The molecular weight excluding hydrogens is 254 g/mol. The summed E-state index contributed by atoms with van der Waals surface area (Å²) in [4.78, 5) is 0. The summed E-state index contributed by atoms with van der Waals surface area (Å²) in [6.45, 7) is 3.95. The quantitative estimate of drug-likeness (QED) is 0.678. The van der Waals surface area contributed by atoms with Gasteiger partial charge in [0, 0.05) is 5.56 Å². The molecule has 0 aromatic heterocycles. The molecular formula is C15H13ClF2. The van der Waals surface area contributed by atoms with Crippen LogP contribution in [0, 0.1) is 25.5 Å². The molecule has 0 fully saturated rings. The molecule has 3 heteroatoms. The first-order valence-corrected chi connectivity index (χ1v) is 6.09. The first kappa shape index (κ1) is 13.0. The second-order valence-electron chi connectivity index (χ2n) is 4.37. The molecule has 2 aromatic carbocycles. The first-order valence-electron chi connectivity index (χ1n) is 5.65. The average molecular weight is 267 g/mol. The van der Waals surface area contributed by atoms with E-state index in [-0.39, 0.29) is 5.56 Å². The molecule has 0 saturated heterocycles. The average Bonchev–Trinajstić information content (AvgIpc) is 2.35. The predicted molar refractivity (Wildman–Crippen MR) is 70.0 cm³/mol. The Morgan fingerprint density at radius 1 is 0.944 bits per heavy atom. The van der Waals surface area contributed by atoms with E-state index in [0.717, 1.165) is 34.9 Å². The highest BCUT2D eigenvalue weighted by Crippen LogP contribution is 2.31. The summed E-state index contributed by atoms with van der Waals surface area (Å²) in [5, 5.41) is -0.681. The second-order valence-corrected chi connectivity index (χ2v) is 4.81. The topological polar surface area (TPSA) is 0 Å². The van der Waals surface area contributed by atoms with Gasteiger partial charge in [-0.3, -0.25) is 0 Å². The van der Waals surface area contributed by atoms with Gasteiger partial charge in [0.25, 0.3) is 0 Å². The Morgan fingerprint density at radius 2 is 1.67 bits per heavy atom. The van der Waals surface area contributed by atoms with Crippen LogP contribution in [-0.4, -0.2) is 0 Å². The molecule has 0 nitrogen and oxygen atoms in total. The van der Waals surface area contributed by atoms with Crippen molar-refractivity contribution >= 4 is 11.6 Å². The number of benzene rings is 2. The van der Waals surface area contributed by atoms with Crippen LogP contribution in [-0.2, 0) is 0 Å². The van der Waals surface area contributed by atoms with E-state index in [2.05, 4.69) is 0 Å². The molecule has 0 radical (unpaired) electrons. The van der Waals surface area contributed by atoms with Crippen molar-refractivity contribution in [2.45, 2.75) is 19.2 Å². The number of halogens is 3. The van der Waals surface area contributed by atoms with Gasteiger partial charge in [0.05, 0.1) is 5.38 Å². The van der Waals surface area contributed by atoms with Crippen molar-refractivity contribution in [3.63, 3.8) is 0 Å². The number of hydrogen-bond donors (Lipinski definition) is 0. The number of alkyl halides is 1. The van der Waals surface area contributed by atoms with Crippen LogP contribution in [0.4, 0.5) is 8.78 Å². The summed E-state index contributed by atoms with van der Waals surface area (Å²) in [6.07, 6.45) is 0. The van der Waals surface area contributed by atoms with Crippen molar-refractivity contribution in [1.82, 2.24) is 0 Å². The van der Waals surface area contributed by atoms with Crippen molar-refractivity contribution in [2.24, 2.45) is 0 Å². The van der Waals surface area contributed by atoms with E-state index in [4.69, 9.17) is 11.6 Å². The standard InChI is InChI=1S/C15H13ClF2/c1-9-3-4-11(7-10(9)2)15(16)13-8-12(17)5-6-14(13)18/h3-8,15H,1-2H3. The summed E-state index contributed by atoms with van der Waals surface area (Å²) in [5.74, 6) is -0.976. The summed E-state index contributed by atoms with van der Waals surface area (Å²) in [7, 11) is 0. The molecule has 94 valence electrons. The third-order valence-electron chi connectivity index (χ3n) is 3.05. The first-order chi connectivity index (χ1) is 8.49. The molecule has 0 aliphatic carbocycles. The molecule has 18 heavy (non-hydrogen) atoms. The smallest absolute Gasteiger partial charge is 0.128 e. The van der Waals surface area contributed by atoms with Gasteiger partial charge in [-0.05, 0) is 48.7 Å². The Kier molecular flexibility index (Phi) is 3.67. The maximum absolute atomic E-state index is 13.6. The summed E-state index contributed by atoms with van der Waals surface area (Å²) in [5.41, 5.74) is 3.15. The molecule has 2 aromatic rings. The van der Waals surface area contributed by atoms with Gasteiger partial charge in [-0.2, -0.15) is 0 Å². The van der Waals surface area contributed by atoms with Crippen molar-refractivity contribution < 1.29 is 8.78 Å². The lowest BCUT2D eigenvalue weighted by Gasteiger charge is -2.13. The highest BCUT2D eigenvalue weighted by atomic mass is 35.5. The normalized spacial score (nSPS) is 12.5. The number of aryl methyl sites for hydroxylation is 2. The highest BCUT2D eigenvalue weighted by Gasteiger charge is 2.16. The van der Waals surface area contributed by atoms with E-state index in [9.17, 15) is 8.78 Å². The van der Waals surface area contributed by atoms with E-state index < -0.39 is 17.0 Å². The van der Waals surface area contributed by atoms with Crippen molar-refractivity contribution in [1.29, 1.82) is 0 Å². The molecule has 1 atom stereocenters. The van der Waals surface area contributed by atoms with Gasteiger partial charge in [-0.25, -0.2) is 8.78 Å². The molecule has 0 spiro atoms. The zero-order valence-corrected chi connectivity index (χ0v) is 10.9. The zero-order chi connectivity index (χ0) is 13.3.